The van der Waals surface area contributed by atoms with E-state index in [9.17, 15) is 4.79 Å². The summed E-state index contributed by atoms with van der Waals surface area (Å²) in [4.78, 5) is 12.4. The first kappa shape index (κ1) is 18.1. The molecule has 2 fully saturated rings. The summed E-state index contributed by atoms with van der Waals surface area (Å²) in [5, 5.41) is 6.58. The number of rotatable bonds is 4. The van der Waals surface area contributed by atoms with E-state index in [1.165, 1.54) is 18.4 Å². The van der Waals surface area contributed by atoms with Crippen molar-refractivity contribution in [1.29, 1.82) is 0 Å². The van der Waals surface area contributed by atoms with Crippen molar-refractivity contribution in [3.05, 3.63) is 53.6 Å². The zero-order chi connectivity index (χ0) is 18.8. The predicted molar refractivity (Wildman–Crippen MR) is 109 cm³/mol. The Morgan fingerprint density at radius 1 is 1.07 bits per heavy atom. The summed E-state index contributed by atoms with van der Waals surface area (Å²) < 4.78 is 5.58. The lowest BCUT2D eigenvalue weighted by Crippen LogP contribution is -2.39. The number of nitrogens with one attached hydrogen (secondary N) is 2. The standard InChI is InChI=1S/C23H28N2O2/c1-15-4-3-5-18(10-15)21-11-16(2)6-9-22(21)25-23(26)27-14-17-12-19-7-8-20(13-17)24-19/h3-6,9-11,17,19-20,24H,7-8,12-14H2,1-2H3,(H,25,26). The first-order chi connectivity index (χ1) is 13.1. The van der Waals surface area contributed by atoms with Gasteiger partial charge in [-0.25, -0.2) is 4.79 Å². The van der Waals surface area contributed by atoms with Crippen LogP contribution < -0.4 is 10.6 Å². The number of anilines is 1. The van der Waals surface area contributed by atoms with E-state index in [2.05, 4.69) is 48.7 Å². The second kappa shape index (κ2) is 7.73. The molecule has 0 radical (unpaired) electrons. The van der Waals surface area contributed by atoms with E-state index in [-0.39, 0.29) is 6.09 Å². The van der Waals surface area contributed by atoms with Crippen LogP contribution in [0.15, 0.2) is 42.5 Å². The van der Waals surface area contributed by atoms with Gasteiger partial charge in [-0.3, -0.25) is 5.32 Å². The molecule has 2 heterocycles. The quantitative estimate of drug-likeness (QED) is 0.798. The number of carbonyl (C=O) groups is 1. The molecule has 2 aliphatic heterocycles. The molecule has 2 aliphatic rings. The highest BCUT2D eigenvalue weighted by molar-refractivity contribution is 5.91. The Balaban J connectivity index is 1.42. The lowest BCUT2D eigenvalue weighted by molar-refractivity contribution is 0.122. The molecular formula is C23H28N2O2. The number of piperidine rings is 1. The van der Waals surface area contributed by atoms with E-state index in [1.54, 1.807) is 0 Å². The molecule has 142 valence electrons. The second-order valence-electron chi connectivity index (χ2n) is 8.12. The Hall–Kier alpha value is -2.33. The maximum atomic E-state index is 12.4. The van der Waals surface area contributed by atoms with Crippen LogP contribution in [0.2, 0.25) is 0 Å². The van der Waals surface area contributed by atoms with Gasteiger partial charge in [0.05, 0.1) is 12.3 Å². The average molecular weight is 364 g/mol. The van der Waals surface area contributed by atoms with Crippen LogP contribution in [0.3, 0.4) is 0 Å². The third kappa shape index (κ3) is 4.33. The van der Waals surface area contributed by atoms with Crippen molar-refractivity contribution in [3.8, 4) is 11.1 Å². The molecule has 0 saturated carbocycles. The van der Waals surface area contributed by atoms with Crippen molar-refractivity contribution in [2.24, 2.45) is 5.92 Å². The smallest absolute Gasteiger partial charge is 0.411 e. The Morgan fingerprint density at radius 2 is 1.81 bits per heavy atom. The van der Waals surface area contributed by atoms with Crippen molar-refractivity contribution in [2.45, 2.75) is 51.6 Å². The predicted octanol–water partition coefficient (Wildman–Crippen LogP) is 5.05. The fourth-order valence-corrected chi connectivity index (χ4v) is 4.47. The molecule has 0 aliphatic carbocycles. The van der Waals surface area contributed by atoms with E-state index in [1.807, 2.05) is 18.2 Å². The molecule has 0 spiro atoms. The summed E-state index contributed by atoms with van der Waals surface area (Å²) in [5.41, 5.74) is 5.28. The van der Waals surface area contributed by atoms with Crippen molar-refractivity contribution in [3.63, 3.8) is 0 Å². The summed E-state index contributed by atoms with van der Waals surface area (Å²) in [7, 11) is 0. The summed E-state index contributed by atoms with van der Waals surface area (Å²) in [6.07, 6.45) is 4.39. The molecule has 2 aromatic carbocycles. The van der Waals surface area contributed by atoms with Crippen LogP contribution >= 0.6 is 0 Å². The number of fused-ring (bicyclic) bond motifs is 2. The molecule has 2 aromatic rings. The van der Waals surface area contributed by atoms with Gasteiger partial charge in [0.25, 0.3) is 0 Å². The molecule has 1 amide bonds. The van der Waals surface area contributed by atoms with Crippen LogP contribution in [-0.4, -0.2) is 24.8 Å². The number of hydrogen-bond acceptors (Lipinski definition) is 3. The maximum Gasteiger partial charge on any atom is 0.411 e. The molecule has 4 heteroatoms. The van der Waals surface area contributed by atoms with E-state index < -0.39 is 0 Å². The third-order valence-electron chi connectivity index (χ3n) is 5.76. The van der Waals surface area contributed by atoms with Crippen molar-refractivity contribution in [2.75, 3.05) is 11.9 Å². The maximum absolute atomic E-state index is 12.4. The minimum Gasteiger partial charge on any atom is -0.449 e. The van der Waals surface area contributed by atoms with E-state index in [4.69, 9.17) is 4.74 Å². The highest BCUT2D eigenvalue weighted by Gasteiger charge is 2.33. The fraction of sp³-hybridized carbons (Fsp3) is 0.435. The van der Waals surface area contributed by atoms with Crippen LogP contribution in [0.25, 0.3) is 11.1 Å². The minimum absolute atomic E-state index is 0.362. The molecule has 4 nitrogen and oxygen atoms in total. The van der Waals surface area contributed by atoms with Crippen LogP contribution in [-0.2, 0) is 4.74 Å². The molecule has 2 bridgehead atoms. The number of carbonyl (C=O) groups excluding carboxylic acids is 1. The van der Waals surface area contributed by atoms with Crippen LogP contribution in [0.1, 0.15) is 36.8 Å². The number of amides is 1. The zero-order valence-electron chi connectivity index (χ0n) is 16.1. The lowest BCUT2D eigenvalue weighted by Gasteiger charge is -2.28. The molecule has 27 heavy (non-hydrogen) atoms. The minimum atomic E-state index is -0.362. The van der Waals surface area contributed by atoms with Gasteiger partial charge in [0.15, 0.2) is 0 Å². The molecular weight excluding hydrogens is 336 g/mol. The number of hydrogen-bond donors (Lipinski definition) is 2. The summed E-state index contributed by atoms with van der Waals surface area (Å²) in [5.74, 6) is 0.476. The first-order valence-electron chi connectivity index (χ1n) is 9.94. The van der Waals surface area contributed by atoms with Crippen LogP contribution in [0.5, 0.6) is 0 Å². The molecule has 2 saturated heterocycles. The normalized spacial score (nSPS) is 23.9. The van der Waals surface area contributed by atoms with Gasteiger partial charge in [0.1, 0.15) is 0 Å². The van der Waals surface area contributed by atoms with Gasteiger partial charge < -0.3 is 10.1 Å². The Kier molecular flexibility index (Phi) is 5.17. The van der Waals surface area contributed by atoms with Gasteiger partial charge in [-0.15, -0.1) is 0 Å². The van der Waals surface area contributed by atoms with E-state index in [0.717, 1.165) is 35.2 Å². The third-order valence-corrected chi connectivity index (χ3v) is 5.76. The zero-order valence-corrected chi connectivity index (χ0v) is 16.1. The highest BCUT2D eigenvalue weighted by Crippen LogP contribution is 2.32. The number of benzene rings is 2. The Labute approximate surface area is 161 Å². The van der Waals surface area contributed by atoms with Crippen molar-refractivity contribution < 1.29 is 9.53 Å². The summed E-state index contributed by atoms with van der Waals surface area (Å²) in [6.45, 7) is 4.64. The Morgan fingerprint density at radius 3 is 2.56 bits per heavy atom. The topological polar surface area (TPSA) is 50.4 Å². The van der Waals surface area contributed by atoms with E-state index >= 15 is 0 Å². The van der Waals surface area contributed by atoms with Crippen LogP contribution in [0, 0.1) is 19.8 Å². The van der Waals surface area contributed by atoms with Crippen molar-refractivity contribution in [1.82, 2.24) is 5.32 Å². The van der Waals surface area contributed by atoms with Gasteiger partial charge in [-0.05, 0) is 63.1 Å². The highest BCUT2D eigenvalue weighted by atomic mass is 16.5. The number of ether oxygens (including phenoxy) is 1. The molecule has 2 atom stereocenters. The lowest BCUT2D eigenvalue weighted by atomic mass is 9.93. The molecule has 4 rings (SSSR count). The monoisotopic (exact) mass is 364 g/mol. The largest absolute Gasteiger partial charge is 0.449 e. The first-order valence-corrected chi connectivity index (χ1v) is 9.94. The molecule has 2 N–H and O–H groups in total. The second-order valence-corrected chi connectivity index (χ2v) is 8.12. The molecule has 0 aromatic heterocycles. The van der Waals surface area contributed by atoms with Gasteiger partial charge in [0.2, 0.25) is 0 Å². The fourth-order valence-electron chi connectivity index (χ4n) is 4.47. The number of aryl methyl sites for hydroxylation is 2. The van der Waals surface area contributed by atoms with E-state index in [0.29, 0.717) is 24.6 Å². The van der Waals surface area contributed by atoms with Crippen molar-refractivity contribution >= 4 is 11.8 Å². The average Bonchev–Trinajstić information content (AvgIpc) is 2.99. The van der Waals surface area contributed by atoms with Gasteiger partial charge in [-0.1, -0.05) is 41.5 Å². The summed E-state index contributed by atoms with van der Waals surface area (Å²) >= 11 is 0. The summed E-state index contributed by atoms with van der Waals surface area (Å²) in [6, 6.07) is 15.6. The Bertz CT molecular complexity index is 821. The van der Waals surface area contributed by atoms with Gasteiger partial charge >= 0.3 is 6.09 Å². The van der Waals surface area contributed by atoms with Gasteiger partial charge in [-0.2, -0.15) is 0 Å². The van der Waals surface area contributed by atoms with Crippen LogP contribution in [0.4, 0.5) is 10.5 Å². The molecule has 2 unspecified atom stereocenters. The SMILES string of the molecule is Cc1cccc(-c2cc(C)ccc2NC(=O)OCC2CC3CCC(C2)N3)c1. The van der Waals surface area contributed by atoms with Gasteiger partial charge in [0, 0.05) is 17.6 Å².